The first kappa shape index (κ1) is 24.2. The Morgan fingerprint density at radius 3 is 2.28 bits per heavy atom. The zero-order chi connectivity index (χ0) is 25.8. The first-order valence-corrected chi connectivity index (χ1v) is 12.2. The van der Waals surface area contributed by atoms with E-state index in [0.717, 1.165) is 24.5 Å². The van der Waals surface area contributed by atoms with Gasteiger partial charge in [-0.2, -0.15) is 0 Å². The van der Waals surface area contributed by atoms with Crippen molar-refractivity contribution in [2.24, 2.45) is 11.8 Å². The van der Waals surface area contributed by atoms with Gasteiger partial charge in [-0.05, 0) is 80.5 Å². The zero-order valence-electron chi connectivity index (χ0n) is 21.2. The van der Waals surface area contributed by atoms with Gasteiger partial charge in [0.2, 0.25) is 0 Å². The van der Waals surface area contributed by atoms with E-state index in [1.54, 1.807) is 40.0 Å². The van der Waals surface area contributed by atoms with Crippen LogP contribution in [0.5, 0.6) is 5.75 Å². The number of benzene rings is 2. The van der Waals surface area contributed by atoms with Gasteiger partial charge in [-0.1, -0.05) is 6.07 Å². The van der Waals surface area contributed by atoms with E-state index in [1.807, 2.05) is 12.1 Å². The summed E-state index contributed by atoms with van der Waals surface area (Å²) in [6, 6.07) is 12.9. The Kier molecular flexibility index (Phi) is 5.97. The van der Waals surface area contributed by atoms with Gasteiger partial charge in [0.25, 0.3) is 0 Å². The quantitative estimate of drug-likeness (QED) is 0.589. The van der Waals surface area contributed by atoms with E-state index >= 15 is 4.39 Å². The number of piperidine rings is 1. The molecule has 1 saturated carbocycles. The molecule has 9 heteroatoms. The molecule has 4 atom stereocenters. The summed E-state index contributed by atoms with van der Waals surface area (Å²) in [7, 11) is 3.16. The van der Waals surface area contributed by atoms with Gasteiger partial charge in [-0.25, -0.2) is 14.0 Å². The van der Waals surface area contributed by atoms with Gasteiger partial charge in [-0.3, -0.25) is 9.80 Å². The Hall–Kier alpha value is -3.49. The number of carbonyl (C=O) groups excluding carboxylic acids is 2. The largest absolute Gasteiger partial charge is 0.497 e. The molecule has 0 aromatic heterocycles. The van der Waals surface area contributed by atoms with Crippen LogP contribution in [0.15, 0.2) is 42.5 Å². The summed E-state index contributed by atoms with van der Waals surface area (Å²) in [5, 5.41) is 0. The predicted octanol–water partition coefficient (Wildman–Crippen LogP) is 4.83. The molecule has 2 amide bonds. The highest BCUT2D eigenvalue weighted by atomic mass is 19.1. The maximum Gasteiger partial charge on any atom is 0.416 e. The molecule has 192 valence electrons. The molecular formula is C27H32FN3O5. The molecule has 1 unspecified atom stereocenters. The van der Waals surface area contributed by atoms with Gasteiger partial charge < -0.3 is 19.1 Å². The summed E-state index contributed by atoms with van der Waals surface area (Å²) < 4.78 is 31.2. The van der Waals surface area contributed by atoms with Crippen molar-refractivity contribution in [3.8, 4) is 5.75 Å². The van der Waals surface area contributed by atoms with Crippen molar-refractivity contribution < 1.29 is 28.2 Å². The van der Waals surface area contributed by atoms with Gasteiger partial charge in [0.1, 0.15) is 17.2 Å². The summed E-state index contributed by atoms with van der Waals surface area (Å²) in [6.07, 6.45) is -2.03. The number of likely N-dealkylation sites (N-methyl/N-ethyl adjacent to an activating group) is 1. The molecule has 2 saturated heterocycles. The maximum absolute atomic E-state index is 15.2. The van der Waals surface area contributed by atoms with E-state index in [0.29, 0.717) is 23.1 Å². The van der Waals surface area contributed by atoms with Gasteiger partial charge in [-0.15, -0.1) is 0 Å². The number of hydrogen-bond acceptors (Lipinski definition) is 6. The molecule has 3 fully saturated rings. The molecule has 2 aromatic carbocycles. The number of halogens is 1. The zero-order valence-corrected chi connectivity index (χ0v) is 21.2. The SMILES string of the molecule is COc1ccc(N2C[C@@H]3C(c4ccc(N5C[C@@H](N(C)C(=O)OC(C)(C)C)OC5=O)cc4F)[C@@H]3C2)cc1. The number of methoxy groups -OCH3 is 1. The van der Waals surface area contributed by atoms with E-state index in [9.17, 15) is 9.59 Å². The lowest BCUT2D eigenvalue weighted by Crippen LogP contribution is -2.42. The predicted molar refractivity (Wildman–Crippen MR) is 133 cm³/mol. The molecule has 36 heavy (non-hydrogen) atoms. The lowest BCUT2D eigenvalue weighted by Gasteiger charge is -2.27. The van der Waals surface area contributed by atoms with Gasteiger partial charge >= 0.3 is 12.2 Å². The van der Waals surface area contributed by atoms with E-state index in [1.165, 1.54) is 22.9 Å². The number of carbonyl (C=O) groups is 2. The lowest BCUT2D eigenvalue weighted by atomic mass is 10.0. The van der Waals surface area contributed by atoms with Crippen molar-refractivity contribution in [2.75, 3.05) is 43.6 Å². The van der Waals surface area contributed by atoms with E-state index in [-0.39, 0.29) is 18.3 Å². The molecule has 0 radical (unpaired) electrons. The van der Waals surface area contributed by atoms with Gasteiger partial charge in [0, 0.05) is 25.8 Å². The lowest BCUT2D eigenvalue weighted by molar-refractivity contribution is -0.00992. The molecule has 2 aromatic rings. The second-order valence-electron chi connectivity index (χ2n) is 10.7. The van der Waals surface area contributed by atoms with Gasteiger partial charge in [0.05, 0.1) is 19.3 Å². The van der Waals surface area contributed by atoms with Gasteiger partial charge in [0.15, 0.2) is 6.23 Å². The standard InChI is InChI=1S/C27H32FN3O5/c1-27(2,3)36-25(32)29(4)23-15-31(26(33)35-23)17-8-11-19(22(28)12-17)24-20-13-30(14-21(20)24)16-6-9-18(34-5)10-7-16/h6-12,20-21,23-24H,13-15H2,1-5H3/t20-,21+,23-,24?/m0/s1. The first-order chi connectivity index (χ1) is 17.1. The monoisotopic (exact) mass is 497 g/mol. The number of fused-ring (bicyclic) bond motifs is 1. The number of ether oxygens (including phenoxy) is 3. The van der Waals surface area contributed by atoms with Crippen LogP contribution in [0.4, 0.5) is 25.4 Å². The molecule has 0 spiro atoms. The summed E-state index contributed by atoms with van der Waals surface area (Å²) in [4.78, 5) is 29.8. The Morgan fingerprint density at radius 2 is 1.69 bits per heavy atom. The third-order valence-electron chi connectivity index (χ3n) is 7.20. The second kappa shape index (κ2) is 8.87. The molecular weight excluding hydrogens is 465 g/mol. The molecule has 8 nitrogen and oxygen atoms in total. The number of amides is 2. The van der Waals surface area contributed by atoms with Crippen molar-refractivity contribution in [3.05, 3.63) is 53.8 Å². The molecule has 3 aliphatic rings. The molecule has 5 rings (SSSR count). The van der Waals surface area contributed by atoms with E-state index in [2.05, 4.69) is 17.0 Å². The number of nitrogens with zero attached hydrogens (tertiary/aromatic N) is 3. The fraction of sp³-hybridized carbons (Fsp3) is 0.481. The summed E-state index contributed by atoms with van der Waals surface area (Å²) in [5.74, 6) is 1.52. The fourth-order valence-corrected chi connectivity index (χ4v) is 5.26. The Balaban J connectivity index is 1.21. The summed E-state index contributed by atoms with van der Waals surface area (Å²) in [6.45, 7) is 7.17. The average molecular weight is 498 g/mol. The number of hydrogen-bond donors (Lipinski definition) is 0. The van der Waals surface area contributed by atoms with Crippen LogP contribution in [0.25, 0.3) is 0 Å². The van der Waals surface area contributed by atoms with Crippen molar-refractivity contribution in [1.29, 1.82) is 0 Å². The minimum atomic E-state index is -0.818. The van der Waals surface area contributed by atoms with E-state index in [4.69, 9.17) is 14.2 Å². The van der Waals surface area contributed by atoms with Crippen LogP contribution in [0.3, 0.4) is 0 Å². The normalized spacial score (nSPS) is 24.9. The maximum atomic E-state index is 15.2. The molecule has 1 aliphatic carbocycles. The topological polar surface area (TPSA) is 71.6 Å². The van der Waals surface area contributed by atoms with Crippen LogP contribution in [0, 0.1) is 17.7 Å². The molecule has 0 bridgehead atoms. The minimum Gasteiger partial charge on any atom is -0.497 e. The smallest absolute Gasteiger partial charge is 0.416 e. The highest BCUT2D eigenvalue weighted by Crippen LogP contribution is 2.59. The highest BCUT2D eigenvalue weighted by molar-refractivity contribution is 5.90. The molecule has 2 heterocycles. The van der Waals surface area contributed by atoms with Crippen LogP contribution in [0.2, 0.25) is 0 Å². The van der Waals surface area contributed by atoms with Crippen LogP contribution in [-0.4, -0.2) is 62.7 Å². The van der Waals surface area contributed by atoms with Crippen molar-refractivity contribution in [2.45, 2.75) is 38.5 Å². The van der Waals surface area contributed by atoms with Crippen molar-refractivity contribution in [3.63, 3.8) is 0 Å². The number of rotatable bonds is 5. The van der Waals surface area contributed by atoms with Crippen LogP contribution >= 0.6 is 0 Å². The third kappa shape index (κ3) is 4.54. The third-order valence-corrected chi connectivity index (χ3v) is 7.20. The van der Waals surface area contributed by atoms with Crippen molar-refractivity contribution in [1.82, 2.24) is 4.90 Å². The number of cyclic esters (lactones) is 1. The summed E-state index contributed by atoms with van der Waals surface area (Å²) >= 11 is 0. The molecule has 2 aliphatic heterocycles. The summed E-state index contributed by atoms with van der Waals surface area (Å²) in [5.41, 5.74) is 1.58. The fourth-order valence-electron chi connectivity index (χ4n) is 5.26. The van der Waals surface area contributed by atoms with Crippen LogP contribution in [0.1, 0.15) is 32.3 Å². The molecule has 0 N–H and O–H groups in total. The van der Waals surface area contributed by atoms with Crippen molar-refractivity contribution >= 4 is 23.6 Å². The Labute approximate surface area is 210 Å². The average Bonchev–Trinajstić information content (AvgIpc) is 3.14. The number of anilines is 2. The minimum absolute atomic E-state index is 0.0961. The van der Waals surface area contributed by atoms with E-state index < -0.39 is 24.0 Å². The Morgan fingerprint density at radius 1 is 1.06 bits per heavy atom. The highest BCUT2D eigenvalue weighted by Gasteiger charge is 2.57. The Bertz CT molecular complexity index is 1150. The first-order valence-electron chi connectivity index (χ1n) is 12.2. The van der Waals surface area contributed by atoms with Crippen LogP contribution < -0.4 is 14.5 Å². The second-order valence-corrected chi connectivity index (χ2v) is 10.7. The van der Waals surface area contributed by atoms with Crippen LogP contribution in [-0.2, 0) is 9.47 Å².